The van der Waals surface area contributed by atoms with Gasteiger partial charge in [0, 0.05) is 0 Å². The maximum atomic E-state index is 11.8. The van der Waals surface area contributed by atoms with Gasteiger partial charge in [-0.15, -0.1) is 0 Å². The fourth-order valence-corrected chi connectivity index (χ4v) is 1.74. The molecule has 6 heteroatoms. The Labute approximate surface area is 111 Å². The average molecular weight is 259 g/mol. The molecule has 1 aromatic heterocycles. The third-order valence-electron chi connectivity index (χ3n) is 2.77. The molecule has 0 saturated carbocycles. The summed E-state index contributed by atoms with van der Waals surface area (Å²) in [5, 5.41) is 6.98. The van der Waals surface area contributed by atoms with Gasteiger partial charge in [-0.1, -0.05) is 30.3 Å². The minimum absolute atomic E-state index is 0.179. The molecular weight excluding hydrogens is 242 g/mol. The van der Waals surface area contributed by atoms with Crippen molar-refractivity contribution in [2.75, 3.05) is 0 Å². The fourth-order valence-electron chi connectivity index (χ4n) is 1.74. The van der Waals surface area contributed by atoms with E-state index in [1.165, 1.54) is 6.33 Å². The van der Waals surface area contributed by atoms with Crippen LogP contribution in [0.15, 0.2) is 43.0 Å². The lowest BCUT2D eigenvalue weighted by molar-refractivity contribution is -0.122. The molecule has 2 rings (SSSR count). The normalized spacial score (nSPS) is 13.8. The Morgan fingerprint density at radius 2 is 2.16 bits per heavy atom. The minimum Gasteiger partial charge on any atom is -0.346 e. The molecule has 0 spiro atoms. The molecular formula is C13H17N5O. The van der Waals surface area contributed by atoms with E-state index in [2.05, 4.69) is 15.4 Å². The number of carbonyl (C=O) groups excluding carboxylic acids is 1. The molecule has 100 valence electrons. The second-order valence-corrected chi connectivity index (χ2v) is 4.38. The molecule has 19 heavy (non-hydrogen) atoms. The molecule has 0 aliphatic carbocycles. The van der Waals surface area contributed by atoms with Gasteiger partial charge < -0.3 is 11.1 Å². The van der Waals surface area contributed by atoms with Crippen LogP contribution in [-0.2, 0) is 11.3 Å². The number of nitrogens with two attached hydrogens (primary N) is 1. The highest BCUT2D eigenvalue weighted by atomic mass is 16.2. The van der Waals surface area contributed by atoms with Crippen molar-refractivity contribution in [1.82, 2.24) is 20.1 Å². The summed E-state index contributed by atoms with van der Waals surface area (Å²) in [5.74, 6) is -0.186. The number of aromatic nitrogens is 3. The van der Waals surface area contributed by atoms with Crippen molar-refractivity contribution in [1.29, 1.82) is 0 Å². The number of hydrogen-bond donors (Lipinski definition) is 2. The van der Waals surface area contributed by atoms with Crippen LogP contribution in [-0.4, -0.2) is 26.7 Å². The summed E-state index contributed by atoms with van der Waals surface area (Å²) in [6.45, 7) is 2.18. The lowest BCUT2D eigenvalue weighted by Crippen LogP contribution is -2.41. The predicted molar refractivity (Wildman–Crippen MR) is 71.0 cm³/mol. The Kier molecular flexibility index (Phi) is 4.25. The molecule has 1 amide bonds. The van der Waals surface area contributed by atoms with Gasteiger partial charge in [0.2, 0.25) is 5.91 Å². The summed E-state index contributed by atoms with van der Waals surface area (Å²) in [6, 6.07) is 9.00. The Balaban J connectivity index is 2.16. The number of benzene rings is 1. The monoisotopic (exact) mass is 259 g/mol. The van der Waals surface area contributed by atoms with Gasteiger partial charge in [0.1, 0.15) is 12.7 Å². The second-order valence-electron chi connectivity index (χ2n) is 4.38. The third kappa shape index (κ3) is 3.62. The van der Waals surface area contributed by atoms with Gasteiger partial charge in [0.05, 0.1) is 18.6 Å². The van der Waals surface area contributed by atoms with Crippen LogP contribution in [0.2, 0.25) is 0 Å². The fraction of sp³-hybridized carbons (Fsp3) is 0.308. The van der Waals surface area contributed by atoms with Gasteiger partial charge >= 0.3 is 0 Å². The SMILES string of the molecule is CC(N)C(=O)NC(Cn1cncn1)c1ccccc1. The molecule has 0 fully saturated rings. The predicted octanol–water partition coefficient (Wildman–Crippen LogP) is 0.483. The largest absolute Gasteiger partial charge is 0.346 e. The highest BCUT2D eigenvalue weighted by Crippen LogP contribution is 2.14. The number of amides is 1. The first-order valence-electron chi connectivity index (χ1n) is 6.10. The molecule has 3 N–H and O–H groups in total. The smallest absolute Gasteiger partial charge is 0.237 e. The van der Waals surface area contributed by atoms with E-state index >= 15 is 0 Å². The van der Waals surface area contributed by atoms with Gasteiger partial charge in [-0.2, -0.15) is 5.10 Å². The topological polar surface area (TPSA) is 85.8 Å². The van der Waals surface area contributed by atoms with Gasteiger partial charge in [0.15, 0.2) is 0 Å². The maximum absolute atomic E-state index is 11.8. The molecule has 0 radical (unpaired) electrons. The van der Waals surface area contributed by atoms with E-state index in [0.717, 1.165) is 5.56 Å². The molecule has 2 aromatic rings. The molecule has 0 bridgehead atoms. The minimum atomic E-state index is -0.540. The Morgan fingerprint density at radius 1 is 1.42 bits per heavy atom. The van der Waals surface area contributed by atoms with Crippen molar-refractivity contribution in [2.45, 2.75) is 25.6 Å². The summed E-state index contributed by atoms with van der Waals surface area (Å²) in [5.41, 5.74) is 6.60. The van der Waals surface area contributed by atoms with Crippen molar-refractivity contribution in [2.24, 2.45) is 5.73 Å². The quantitative estimate of drug-likeness (QED) is 0.818. The number of nitrogens with one attached hydrogen (secondary N) is 1. The van der Waals surface area contributed by atoms with Gasteiger partial charge in [-0.05, 0) is 12.5 Å². The molecule has 6 nitrogen and oxygen atoms in total. The zero-order chi connectivity index (χ0) is 13.7. The van der Waals surface area contributed by atoms with Crippen LogP contribution in [0.3, 0.4) is 0 Å². The molecule has 2 unspecified atom stereocenters. The van der Waals surface area contributed by atoms with E-state index in [9.17, 15) is 4.79 Å². The van der Waals surface area contributed by atoms with Crippen molar-refractivity contribution in [3.8, 4) is 0 Å². The highest BCUT2D eigenvalue weighted by molar-refractivity contribution is 5.81. The zero-order valence-corrected chi connectivity index (χ0v) is 10.7. The van der Waals surface area contributed by atoms with Crippen LogP contribution in [0, 0.1) is 0 Å². The Hall–Kier alpha value is -2.21. The van der Waals surface area contributed by atoms with Crippen molar-refractivity contribution in [3.05, 3.63) is 48.5 Å². The van der Waals surface area contributed by atoms with Gasteiger partial charge in [-0.3, -0.25) is 9.48 Å². The molecule has 0 aliphatic heterocycles. The van der Waals surface area contributed by atoms with Crippen LogP contribution in [0.1, 0.15) is 18.5 Å². The standard InChI is InChI=1S/C13H17N5O/c1-10(14)13(19)17-12(7-18-9-15-8-16-18)11-5-3-2-4-6-11/h2-6,8-10,12H,7,14H2,1H3,(H,17,19). The van der Waals surface area contributed by atoms with Gasteiger partial charge in [-0.25, -0.2) is 4.98 Å². The molecule has 0 saturated heterocycles. The molecule has 2 atom stereocenters. The highest BCUT2D eigenvalue weighted by Gasteiger charge is 2.17. The molecule has 0 aliphatic rings. The van der Waals surface area contributed by atoms with Crippen LogP contribution in [0.25, 0.3) is 0 Å². The molecule has 1 heterocycles. The first-order valence-corrected chi connectivity index (χ1v) is 6.10. The van der Waals surface area contributed by atoms with Crippen molar-refractivity contribution >= 4 is 5.91 Å². The first kappa shape index (κ1) is 13.2. The number of hydrogen-bond acceptors (Lipinski definition) is 4. The van der Waals surface area contributed by atoms with Crippen LogP contribution in [0.4, 0.5) is 0 Å². The van der Waals surface area contributed by atoms with Crippen LogP contribution < -0.4 is 11.1 Å². The van der Waals surface area contributed by atoms with E-state index in [1.54, 1.807) is 17.9 Å². The first-order chi connectivity index (χ1) is 9.16. The lowest BCUT2D eigenvalue weighted by atomic mass is 10.1. The number of rotatable bonds is 5. The molecule has 1 aromatic carbocycles. The summed E-state index contributed by atoms with van der Waals surface area (Å²) in [7, 11) is 0. The third-order valence-corrected chi connectivity index (χ3v) is 2.77. The van der Waals surface area contributed by atoms with Crippen LogP contribution >= 0.6 is 0 Å². The van der Waals surface area contributed by atoms with E-state index in [1.807, 2.05) is 30.3 Å². The second kappa shape index (κ2) is 6.10. The summed E-state index contributed by atoms with van der Waals surface area (Å²) in [6.07, 6.45) is 3.09. The maximum Gasteiger partial charge on any atom is 0.237 e. The van der Waals surface area contributed by atoms with E-state index < -0.39 is 6.04 Å². The lowest BCUT2D eigenvalue weighted by Gasteiger charge is -2.20. The Bertz CT molecular complexity index is 509. The van der Waals surface area contributed by atoms with E-state index in [4.69, 9.17) is 5.73 Å². The van der Waals surface area contributed by atoms with E-state index in [-0.39, 0.29) is 11.9 Å². The van der Waals surface area contributed by atoms with Crippen molar-refractivity contribution in [3.63, 3.8) is 0 Å². The van der Waals surface area contributed by atoms with Crippen molar-refractivity contribution < 1.29 is 4.79 Å². The summed E-state index contributed by atoms with van der Waals surface area (Å²) in [4.78, 5) is 15.7. The van der Waals surface area contributed by atoms with Crippen LogP contribution in [0.5, 0.6) is 0 Å². The van der Waals surface area contributed by atoms with E-state index in [0.29, 0.717) is 6.54 Å². The summed E-state index contributed by atoms with van der Waals surface area (Å²) >= 11 is 0. The summed E-state index contributed by atoms with van der Waals surface area (Å²) < 4.78 is 1.68. The van der Waals surface area contributed by atoms with Gasteiger partial charge in [0.25, 0.3) is 0 Å². The Morgan fingerprint density at radius 3 is 2.74 bits per heavy atom. The zero-order valence-electron chi connectivity index (χ0n) is 10.7. The number of carbonyl (C=O) groups is 1. The average Bonchev–Trinajstić information content (AvgIpc) is 2.91. The number of nitrogens with zero attached hydrogens (tertiary/aromatic N) is 3.